The lowest BCUT2D eigenvalue weighted by Gasteiger charge is -2.19. The van der Waals surface area contributed by atoms with Gasteiger partial charge in [-0.2, -0.15) is 0 Å². The van der Waals surface area contributed by atoms with Gasteiger partial charge >= 0.3 is 0 Å². The van der Waals surface area contributed by atoms with Crippen LogP contribution in [-0.4, -0.2) is 36.9 Å². The number of benzene rings is 1. The summed E-state index contributed by atoms with van der Waals surface area (Å²) in [4.78, 5) is 12.3. The van der Waals surface area contributed by atoms with Gasteiger partial charge in [-0.25, -0.2) is 0 Å². The van der Waals surface area contributed by atoms with Crippen LogP contribution in [0.4, 0.5) is 5.69 Å². The molecule has 2 aromatic rings. The number of nitrogens with one attached hydrogen (secondary N) is 1. The Morgan fingerprint density at radius 1 is 1.20 bits per heavy atom. The number of halogens is 1. The van der Waals surface area contributed by atoms with Crippen LogP contribution in [0.5, 0.6) is 5.75 Å². The van der Waals surface area contributed by atoms with E-state index in [-0.39, 0.29) is 0 Å². The van der Waals surface area contributed by atoms with E-state index in [1.54, 1.807) is 24.3 Å². The largest absolute Gasteiger partial charge is 0.370 e. The lowest BCUT2D eigenvalue weighted by atomic mass is 10.0. The molecular formula is C19H21ClN4O. The fourth-order valence-electron chi connectivity index (χ4n) is 3.53. The molecule has 0 amide bonds. The molecule has 0 bridgehead atoms. The molecule has 2 aliphatic heterocycles. The average Bonchev–Trinajstić information content (AvgIpc) is 3.23. The third-order valence-electron chi connectivity index (χ3n) is 5.00. The van der Waals surface area contributed by atoms with Crippen LogP contribution in [0, 0.1) is 11.8 Å². The highest BCUT2D eigenvalue weighted by Crippen LogP contribution is 2.30. The molecule has 0 spiro atoms. The molecule has 5 nitrogen and oxygen atoms in total. The fraction of sp³-hybridized carbons (Fsp3) is 0.368. The molecule has 6 heteroatoms. The van der Waals surface area contributed by atoms with E-state index in [0.717, 1.165) is 55.0 Å². The topological polar surface area (TPSA) is 49.8 Å². The van der Waals surface area contributed by atoms with Crippen molar-refractivity contribution in [2.75, 3.05) is 31.1 Å². The number of oxime groups is 1. The van der Waals surface area contributed by atoms with Gasteiger partial charge in [0.05, 0.1) is 17.6 Å². The van der Waals surface area contributed by atoms with Gasteiger partial charge in [0.2, 0.25) is 0 Å². The molecule has 3 heterocycles. The molecule has 130 valence electrons. The minimum Gasteiger partial charge on any atom is -0.370 e. The molecule has 2 saturated heterocycles. The van der Waals surface area contributed by atoms with Crippen molar-refractivity contribution in [2.45, 2.75) is 6.92 Å². The first-order valence-electron chi connectivity index (χ1n) is 8.57. The number of fused-ring (bicyclic) bond motifs is 1. The Labute approximate surface area is 152 Å². The van der Waals surface area contributed by atoms with Crippen LogP contribution in [0.1, 0.15) is 12.5 Å². The molecule has 4 rings (SSSR count). The van der Waals surface area contributed by atoms with E-state index >= 15 is 0 Å². The number of anilines is 1. The maximum atomic E-state index is 5.88. The van der Waals surface area contributed by atoms with Crippen LogP contribution in [0.2, 0.25) is 5.02 Å². The first-order valence-corrected chi connectivity index (χ1v) is 8.95. The summed E-state index contributed by atoms with van der Waals surface area (Å²) >= 11 is 5.88. The number of nitrogens with zero attached hydrogens (tertiary/aromatic N) is 3. The molecule has 2 aliphatic rings. The highest BCUT2D eigenvalue weighted by Gasteiger charge is 2.36. The summed E-state index contributed by atoms with van der Waals surface area (Å²) < 4.78 is 0. The van der Waals surface area contributed by atoms with Gasteiger partial charge in [0.15, 0.2) is 5.75 Å². The molecular weight excluding hydrogens is 336 g/mol. The molecule has 1 aromatic heterocycles. The van der Waals surface area contributed by atoms with Gasteiger partial charge in [-0.15, -0.1) is 0 Å². The van der Waals surface area contributed by atoms with Crippen LogP contribution in [0.15, 0.2) is 47.9 Å². The van der Waals surface area contributed by atoms with Crippen molar-refractivity contribution in [3.8, 4) is 5.75 Å². The van der Waals surface area contributed by atoms with Crippen LogP contribution in [0.25, 0.3) is 0 Å². The first-order chi connectivity index (χ1) is 12.2. The Bertz CT molecular complexity index is 765. The SMILES string of the molecule is C/C(=N/Oc1ccc(Cl)cc1)c1cncc(N2C[C@H]3CNC[C@H]3C2)c1. The summed E-state index contributed by atoms with van der Waals surface area (Å²) in [5.41, 5.74) is 2.93. The van der Waals surface area contributed by atoms with Gasteiger partial charge in [-0.1, -0.05) is 16.8 Å². The van der Waals surface area contributed by atoms with E-state index in [4.69, 9.17) is 16.4 Å². The van der Waals surface area contributed by atoms with E-state index < -0.39 is 0 Å². The monoisotopic (exact) mass is 356 g/mol. The average molecular weight is 357 g/mol. The number of hydrogen-bond acceptors (Lipinski definition) is 5. The van der Waals surface area contributed by atoms with Crippen LogP contribution in [0.3, 0.4) is 0 Å². The molecule has 25 heavy (non-hydrogen) atoms. The van der Waals surface area contributed by atoms with Crippen LogP contribution in [-0.2, 0) is 0 Å². The van der Waals surface area contributed by atoms with Crippen molar-refractivity contribution in [2.24, 2.45) is 17.0 Å². The van der Waals surface area contributed by atoms with Crippen molar-refractivity contribution >= 4 is 23.0 Å². The smallest absolute Gasteiger partial charge is 0.158 e. The normalized spacial score (nSPS) is 23.0. The third kappa shape index (κ3) is 3.62. The molecule has 1 N–H and O–H groups in total. The molecule has 1 aromatic carbocycles. The fourth-order valence-corrected chi connectivity index (χ4v) is 3.66. The number of hydrogen-bond donors (Lipinski definition) is 1. The van der Waals surface area contributed by atoms with Crippen molar-refractivity contribution in [3.63, 3.8) is 0 Å². The van der Waals surface area contributed by atoms with Crippen LogP contribution >= 0.6 is 11.6 Å². The van der Waals surface area contributed by atoms with E-state index in [9.17, 15) is 0 Å². The second-order valence-electron chi connectivity index (χ2n) is 6.74. The van der Waals surface area contributed by atoms with Crippen molar-refractivity contribution < 1.29 is 4.84 Å². The Hall–Kier alpha value is -2.11. The summed E-state index contributed by atoms with van der Waals surface area (Å²) in [5, 5.41) is 8.38. The first kappa shape index (κ1) is 16.4. The zero-order valence-corrected chi connectivity index (χ0v) is 14.9. The van der Waals surface area contributed by atoms with Crippen molar-refractivity contribution in [1.82, 2.24) is 10.3 Å². The number of aromatic nitrogens is 1. The number of rotatable bonds is 4. The van der Waals surface area contributed by atoms with E-state index in [2.05, 4.69) is 26.4 Å². The van der Waals surface area contributed by atoms with Gasteiger partial charge in [0.25, 0.3) is 0 Å². The Morgan fingerprint density at radius 2 is 1.92 bits per heavy atom. The Kier molecular flexibility index (Phi) is 4.59. The van der Waals surface area contributed by atoms with Crippen LogP contribution < -0.4 is 15.1 Å². The van der Waals surface area contributed by atoms with Gasteiger partial charge in [-0.3, -0.25) is 4.98 Å². The summed E-state index contributed by atoms with van der Waals surface area (Å²) in [5.74, 6) is 2.17. The highest BCUT2D eigenvalue weighted by molar-refractivity contribution is 6.30. The maximum absolute atomic E-state index is 5.88. The minimum absolute atomic E-state index is 0.660. The van der Waals surface area contributed by atoms with Gasteiger partial charge in [0.1, 0.15) is 0 Å². The molecule has 0 unspecified atom stereocenters. The Balaban J connectivity index is 1.47. The maximum Gasteiger partial charge on any atom is 0.158 e. The minimum atomic E-state index is 0.660. The zero-order chi connectivity index (χ0) is 17.2. The predicted molar refractivity (Wildman–Crippen MR) is 101 cm³/mol. The lowest BCUT2D eigenvalue weighted by Crippen LogP contribution is -2.25. The van der Waals surface area contributed by atoms with E-state index in [0.29, 0.717) is 10.8 Å². The molecule has 0 saturated carbocycles. The number of pyridine rings is 1. The predicted octanol–water partition coefficient (Wildman–Crippen LogP) is 3.19. The van der Waals surface area contributed by atoms with Gasteiger partial charge in [-0.05, 0) is 49.1 Å². The second kappa shape index (κ2) is 7.02. The van der Waals surface area contributed by atoms with Gasteiger partial charge in [0, 0.05) is 43.0 Å². The Morgan fingerprint density at radius 3 is 2.64 bits per heavy atom. The molecule has 0 radical (unpaired) electrons. The van der Waals surface area contributed by atoms with E-state index in [1.165, 1.54) is 0 Å². The highest BCUT2D eigenvalue weighted by atomic mass is 35.5. The molecule has 0 aliphatic carbocycles. The zero-order valence-electron chi connectivity index (χ0n) is 14.2. The standard InChI is InChI=1S/C19H21ClN4O/c1-13(23-25-19-4-2-17(20)3-5-19)14-6-18(10-22-7-14)24-11-15-8-21-9-16(15)12-24/h2-7,10,15-16,21H,8-9,11-12H2,1H3/b23-13-/t15-,16+. The van der Waals surface area contributed by atoms with Gasteiger partial charge < -0.3 is 15.1 Å². The summed E-state index contributed by atoms with van der Waals surface area (Å²) in [6, 6.07) is 9.30. The molecule has 2 atom stereocenters. The molecule has 2 fully saturated rings. The quantitative estimate of drug-likeness (QED) is 0.675. The summed E-state index contributed by atoms with van der Waals surface area (Å²) in [7, 11) is 0. The summed E-state index contributed by atoms with van der Waals surface area (Å²) in [6.07, 6.45) is 3.76. The second-order valence-corrected chi connectivity index (χ2v) is 7.17. The summed E-state index contributed by atoms with van der Waals surface area (Å²) in [6.45, 7) is 6.38. The third-order valence-corrected chi connectivity index (χ3v) is 5.25. The van der Waals surface area contributed by atoms with E-state index in [1.807, 2.05) is 19.3 Å². The van der Waals surface area contributed by atoms with Crippen molar-refractivity contribution in [3.05, 3.63) is 53.3 Å². The lowest BCUT2D eigenvalue weighted by molar-refractivity contribution is 0.341. The van der Waals surface area contributed by atoms with Crippen molar-refractivity contribution in [1.29, 1.82) is 0 Å².